The number of non-ortho nitro benzene ring substituents is 1. The summed E-state index contributed by atoms with van der Waals surface area (Å²) in [6, 6.07) is 14.7. The normalized spacial score (nSPS) is 14.8. The molecule has 2 amide bonds. The largest absolute Gasteiger partial charge is 0.382 e. The van der Waals surface area contributed by atoms with Crippen LogP contribution in [0, 0.1) is 10.1 Å². The molecule has 0 saturated heterocycles. The third-order valence-electron chi connectivity index (χ3n) is 6.33. The van der Waals surface area contributed by atoms with E-state index in [1.807, 2.05) is 41.5 Å². The molecule has 10 heteroatoms. The Morgan fingerprint density at radius 1 is 1.16 bits per heavy atom. The summed E-state index contributed by atoms with van der Waals surface area (Å²) in [4.78, 5) is 42.2. The minimum Gasteiger partial charge on any atom is -0.382 e. The lowest BCUT2D eigenvalue weighted by molar-refractivity contribution is -0.384. The first-order chi connectivity index (χ1) is 17.9. The van der Waals surface area contributed by atoms with Crippen molar-refractivity contribution in [3.8, 4) is 0 Å². The van der Waals surface area contributed by atoms with E-state index in [4.69, 9.17) is 16.3 Å². The Balaban J connectivity index is 1.58. The van der Waals surface area contributed by atoms with E-state index in [1.54, 1.807) is 11.3 Å². The number of carbonyl (C=O) groups is 2. The van der Waals surface area contributed by atoms with E-state index in [9.17, 15) is 19.7 Å². The summed E-state index contributed by atoms with van der Waals surface area (Å²) in [7, 11) is 0. The zero-order valence-corrected chi connectivity index (χ0v) is 22.0. The van der Waals surface area contributed by atoms with Gasteiger partial charge in [0.05, 0.1) is 11.0 Å². The molecule has 2 heterocycles. The summed E-state index contributed by atoms with van der Waals surface area (Å²) < 4.78 is 5.43. The van der Waals surface area contributed by atoms with Gasteiger partial charge in [-0.3, -0.25) is 19.7 Å². The Hall–Kier alpha value is -3.27. The maximum atomic E-state index is 13.7. The van der Waals surface area contributed by atoms with Crippen LogP contribution in [0.15, 0.2) is 60.0 Å². The number of halogens is 1. The van der Waals surface area contributed by atoms with Crippen molar-refractivity contribution in [2.24, 2.45) is 0 Å². The monoisotopic (exact) mass is 541 g/mol. The van der Waals surface area contributed by atoms with Gasteiger partial charge in [-0.05, 0) is 66.6 Å². The Bertz CT molecular complexity index is 1250. The molecule has 1 aliphatic heterocycles. The van der Waals surface area contributed by atoms with Crippen LogP contribution in [0.1, 0.15) is 45.7 Å². The highest BCUT2D eigenvalue weighted by atomic mass is 35.5. The van der Waals surface area contributed by atoms with Crippen LogP contribution in [0.25, 0.3) is 0 Å². The molecule has 1 atom stereocenters. The number of carbonyl (C=O) groups excluding carboxylic acids is 2. The average molecular weight is 542 g/mol. The van der Waals surface area contributed by atoms with E-state index in [2.05, 4.69) is 6.07 Å². The molecule has 1 aliphatic rings. The van der Waals surface area contributed by atoms with Gasteiger partial charge in [0.2, 0.25) is 5.91 Å². The number of fused-ring (bicyclic) bond motifs is 1. The highest BCUT2D eigenvalue weighted by Crippen LogP contribution is 2.38. The molecule has 0 saturated carbocycles. The topological polar surface area (TPSA) is 93.0 Å². The van der Waals surface area contributed by atoms with Gasteiger partial charge < -0.3 is 14.5 Å². The SMILES string of the molecule is CCOCCCN(CC(=O)N1CCc2sccc2C1c1ccc(Cl)cc1)C(=O)c1ccc([N+](=O)[O-])cc1. The molecule has 37 heavy (non-hydrogen) atoms. The van der Waals surface area contributed by atoms with Crippen LogP contribution in [0.3, 0.4) is 0 Å². The van der Waals surface area contributed by atoms with E-state index in [0.29, 0.717) is 43.3 Å². The standard InChI is InChI=1S/C27H28ClN3O5S/c1-2-36-16-3-14-29(27(33)20-6-10-22(11-7-20)31(34)35)18-25(32)30-15-12-24-23(13-17-37-24)26(30)19-4-8-21(28)9-5-19/h4-11,13,17,26H,2-3,12,14-16,18H2,1H3. The van der Waals surface area contributed by atoms with Crippen LogP contribution in [-0.4, -0.2) is 59.4 Å². The fourth-order valence-electron chi connectivity index (χ4n) is 4.51. The number of rotatable bonds is 10. The minimum atomic E-state index is -0.510. The molecule has 1 aromatic heterocycles. The van der Waals surface area contributed by atoms with Crippen LogP contribution in [0.5, 0.6) is 0 Å². The van der Waals surface area contributed by atoms with Crippen molar-refractivity contribution in [1.82, 2.24) is 9.80 Å². The van der Waals surface area contributed by atoms with Crippen LogP contribution < -0.4 is 0 Å². The van der Waals surface area contributed by atoms with Crippen molar-refractivity contribution in [2.45, 2.75) is 25.8 Å². The first kappa shape index (κ1) is 26.8. The molecule has 194 valence electrons. The summed E-state index contributed by atoms with van der Waals surface area (Å²) in [5.74, 6) is -0.514. The van der Waals surface area contributed by atoms with Crippen LogP contribution in [-0.2, 0) is 16.0 Å². The molecule has 0 bridgehead atoms. The highest BCUT2D eigenvalue weighted by molar-refractivity contribution is 7.10. The van der Waals surface area contributed by atoms with Crippen molar-refractivity contribution in [3.05, 3.63) is 96.7 Å². The molecule has 8 nitrogen and oxygen atoms in total. The number of hydrogen-bond donors (Lipinski definition) is 0. The number of benzene rings is 2. The van der Waals surface area contributed by atoms with E-state index in [1.165, 1.54) is 34.0 Å². The number of nitro groups is 1. The highest BCUT2D eigenvalue weighted by Gasteiger charge is 2.34. The molecule has 1 unspecified atom stereocenters. The molecular formula is C27H28ClN3O5S. The summed E-state index contributed by atoms with van der Waals surface area (Å²) in [6.45, 7) is 3.68. The number of thiophene rings is 1. The van der Waals surface area contributed by atoms with Gasteiger partial charge in [0.1, 0.15) is 6.54 Å². The lowest BCUT2D eigenvalue weighted by Crippen LogP contribution is -2.47. The van der Waals surface area contributed by atoms with Crippen LogP contribution in [0.4, 0.5) is 5.69 Å². The zero-order valence-electron chi connectivity index (χ0n) is 20.5. The zero-order chi connectivity index (χ0) is 26.4. The van der Waals surface area contributed by atoms with Crippen molar-refractivity contribution in [3.63, 3.8) is 0 Å². The lowest BCUT2D eigenvalue weighted by Gasteiger charge is -2.37. The number of hydrogen-bond acceptors (Lipinski definition) is 6. The number of amides is 2. The van der Waals surface area contributed by atoms with Crippen molar-refractivity contribution >= 4 is 40.4 Å². The van der Waals surface area contributed by atoms with Gasteiger partial charge in [0.15, 0.2) is 0 Å². The predicted molar refractivity (Wildman–Crippen MR) is 143 cm³/mol. The lowest BCUT2D eigenvalue weighted by atomic mass is 9.93. The first-order valence-electron chi connectivity index (χ1n) is 12.1. The minimum absolute atomic E-state index is 0.0961. The number of nitrogens with zero attached hydrogens (tertiary/aromatic N) is 3. The Kier molecular flexibility index (Phi) is 8.91. The predicted octanol–water partition coefficient (Wildman–Crippen LogP) is 5.35. The maximum absolute atomic E-state index is 13.7. The number of nitro benzene ring substituents is 1. The van der Waals surface area contributed by atoms with Crippen LogP contribution in [0.2, 0.25) is 5.02 Å². The third kappa shape index (κ3) is 6.36. The van der Waals surface area contributed by atoms with E-state index >= 15 is 0 Å². The molecule has 3 aromatic rings. The third-order valence-corrected chi connectivity index (χ3v) is 7.58. The van der Waals surface area contributed by atoms with Crippen molar-refractivity contribution < 1.29 is 19.2 Å². The summed E-state index contributed by atoms with van der Waals surface area (Å²) >= 11 is 7.80. The molecule has 0 aliphatic carbocycles. The Labute approximate surface area is 224 Å². The maximum Gasteiger partial charge on any atom is 0.269 e. The molecule has 0 spiro atoms. The van der Waals surface area contributed by atoms with Crippen LogP contribution >= 0.6 is 22.9 Å². The summed E-state index contributed by atoms with van der Waals surface area (Å²) in [5, 5.41) is 13.7. The second kappa shape index (κ2) is 12.3. The quantitative estimate of drug-likeness (QED) is 0.196. The first-order valence-corrected chi connectivity index (χ1v) is 13.4. The molecule has 0 radical (unpaired) electrons. The van der Waals surface area contributed by atoms with Gasteiger partial charge in [-0.2, -0.15) is 0 Å². The van der Waals surface area contributed by atoms with Gasteiger partial charge in [-0.15, -0.1) is 11.3 Å². The van der Waals surface area contributed by atoms with E-state index < -0.39 is 4.92 Å². The van der Waals surface area contributed by atoms with Gasteiger partial charge in [0.25, 0.3) is 11.6 Å². The fraction of sp³-hybridized carbons (Fsp3) is 0.333. The smallest absolute Gasteiger partial charge is 0.269 e. The van der Waals surface area contributed by atoms with E-state index in [-0.39, 0.29) is 30.1 Å². The molecule has 0 fully saturated rings. The van der Waals surface area contributed by atoms with Gasteiger partial charge in [0, 0.05) is 53.9 Å². The van der Waals surface area contributed by atoms with Crippen molar-refractivity contribution in [2.75, 3.05) is 32.8 Å². The van der Waals surface area contributed by atoms with Gasteiger partial charge in [-0.25, -0.2) is 0 Å². The van der Waals surface area contributed by atoms with Gasteiger partial charge in [-0.1, -0.05) is 23.7 Å². The fourth-order valence-corrected chi connectivity index (χ4v) is 5.54. The van der Waals surface area contributed by atoms with Gasteiger partial charge >= 0.3 is 0 Å². The van der Waals surface area contributed by atoms with Crippen molar-refractivity contribution in [1.29, 1.82) is 0 Å². The molecule has 0 N–H and O–H groups in total. The Morgan fingerprint density at radius 2 is 1.89 bits per heavy atom. The second-order valence-electron chi connectivity index (χ2n) is 8.67. The Morgan fingerprint density at radius 3 is 2.57 bits per heavy atom. The van der Waals surface area contributed by atoms with E-state index in [0.717, 1.165) is 17.5 Å². The molecular weight excluding hydrogens is 514 g/mol. The summed E-state index contributed by atoms with van der Waals surface area (Å²) in [6.07, 6.45) is 1.32. The number of ether oxygens (including phenoxy) is 1. The molecule has 4 rings (SSSR count). The molecule has 2 aromatic carbocycles. The summed E-state index contributed by atoms with van der Waals surface area (Å²) in [5.41, 5.74) is 2.25. The second-order valence-corrected chi connectivity index (χ2v) is 10.1. The average Bonchev–Trinajstić information content (AvgIpc) is 3.39.